The predicted molar refractivity (Wildman–Crippen MR) is 110 cm³/mol. The average Bonchev–Trinajstić information content (AvgIpc) is 2.64. The van der Waals surface area contributed by atoms with Gasteiger partial charge in [0.05, 0.1) is 0 Å². The molecule has 2 fully saturated rings. The van der Waals surface area contributed by atoms with Crippen LogP contribution in [0, 0.1) is 17.8 Å². The number of ether oxygens (including phenoxy) is 1. The van der Waals surface area contributed by atoms with E-state index in [1.807, 2.05) is 7.11 Å². The summed E-state index contributed by atoms with van der Waals surface area (Å²) in [7, 11) is 2.03. The summed E-state index contributed by atoms with van der Waals surface area (Å²) in [5.74, 6) is 3.25. The minimum absolute atomic E-state index is 0.201. The molecule has 2 aliphatic rings. The zero-order chi connectivity index (χ0) is 17.0. The van der Waals surface area contributed by atoms with Crippen LogP contribution < -0.4 is 0 Å². The van der Waals surface area contributed by atoms with E-state index in [0.29, 0.717) is 0 Å². The van der Waals surface area contributed by atoms with Crippen molar-refractivity contribution in [2.24, 2.45) is 17.8 Å². The van der Waals surface area contributed by atoms with Crippen LogP contribution in [0.2, 0.25) is 12.1 Å². The SMILES string of the molecule is COCCCCC1CCC(CCCC([SiH2]C)C2CCCCC2)CC1. The van der Waals surface area contributed by atoms with Crippen molar-refractivity contribution in [2.45, 2.75) is 108 Å². The summed E-state index contributed by atoms with van der Waals surface area (Å²) in [6.07, 6.45) is 22.6. The standard InChI is InChI=1S/C22H44OSi/c1-23-18-7-6-9-19-14-16-20(17-15-19)10-8-13-22(24-2)21-11-4-3-5-12-21/h19-22H,3-18,24H2,1-2H3. The number of unbranched alkanes of at least 4 members (excludes halogenated alkanes) is 1. The molecule has 0 bridgehead atoms. The summed E-state index contributed by atoms with van der Waals surface area (Å²) in [6.45, 7) is 3.53. The highest BCUT2D eigenvalue weighted by molar-refractivity contribution is 6.35. The molecule has 142 valence electrons. The molecule has 0 spiro atoms. The molecule has 0 aliphatic heterocycles. The van der Waals surface area contributed by atoms with Gasteiger partial charge >= 0.3 is 0 Å². The molecule has 2 aliphatic carbocycles. The lowest BCUT2D eigenvalue weighted by Crippen LogP contribution is -2.18. The van der Waals surface area contributed by atoms with Crippen LogP contribution in [0.5, 0.6) is 0 Å². The smallest absolute Gasteiger partial charge is 0.0462 e. The zero-order valence-electron chi connectivity index (χ0n) is 16.7. The van der Waals surface area contributed by atoms with Gasteiger partial charge in [0.15, 0.2) is 0 Å². The van der Waals surface area contributed by atoms with Gasteiger partial charge < -0.3 is 4.74 Å². The van der Waals surface area contributed by atoms with Gasteiger partial charge in [-0.25, -0.2) is 0 Å². The van der Waals surface area contributed by atoms with Gasteiger partial charge in [0.1, 0.15) is 0 Å². The van der Waals surface area contributed by atoms with Gasteiger partial charge in [-0.05, 0) is 29.7 Å². The highest BCUT2D eigenvalue weighted by Gasteiger charge is 2.24. The summed E-state index contributed by atoms with van der Waals surface area (Å²) in [5.41, 5.74) is 1.18. The van der Waals surface area contributed by atoms with Crippen LogP contribution in [0.4, 0.5) is 0 Å². The van der Waals surface area contributed by atoms with Gasteiger partial charge in [0.2, 0.25) is 0 Å². The average molecular weight is 353 g/mol. The van der Waals surface area contributed by atoms with Crippen molar-refractivity contribution in [3.63, 3.8) is 0 Å². The van der Waals surface area contributed by atoms with Crippen LogP contribution >= 0.6 is 0 Å². The fourth-order valence-electron chi connectivity index (χ4n) is 5.54. The first kappa shape index (κ1) is 20.5. The van der Waals surface area contributed by atoms with Crippen LogP contribution in [0.1, 0.15) is 96.3 Å². The van der Waals surface area contributed by atoms with Crippen LogP contribution in [-0.2, 0) is 4.74 Å². The second kappa shape index (κ2) is 12.5. The van der Waals surface area contributed by atoms with E-state index >= 15 is 0 Å². The highest BCUT2D eigenvalue weighted by atomic mass is 28.2. The van der Waals surface area contributed by atoms with E-state index in [-0.39, 0.29) is 9.52 Å². The van der Waals surface area contributed by atoms with Crippen molar-refractivity contribution in [1.82, 2.24) is 0 Å². The quantitative estimate of drug-likeness (QED) is 0.310. The lowest BCUT2D eigenvalue weighted by molar-refractivity contribution is 0.185. The van der Waals surface area contributed by atoms with Crippen LogP contribution in [-0.4, -0.2) is 23.2 Å². The Hall–Kier alpha value is 0.177. The fraction of sp³-hybridized carbons (Fsp3) is 1.00. The summed E-state index contributed by atoms with van der Waals surface area (Å²) < 4.78 is 5.17. The Bertz CT molecular complexity index is 292. The Morgan fingerprint density at radius 1 is 0.833 bits per heavy atom. The Morgan fingerprint density at radius 2 is 1.46 bits per heavy atom. The molecule has 0 amide bonds. The van der Waals surface area contributed by atoms with E-state index in [9.17, 15) is 0 Å². The molecule has 1 unspecified atom stereocenters. The van der Waals surface area contributed by atoms with E-state index in [1.165, 1.54) is 69.7 Å². The second-order valence-corrected chi connectivity index (χ2v) is 10.7. The van der Waals surface area contributed by atoms with E-state index < -0.39 is 0 Å². The topological polar surface area (TPSA) is 9.23 Å². The lowest BCUT2D eigenvalue weighted by atomic mass is 9.77. The van der Waals surface area contributed by atoms with Crippen LogP contribution in [0.3, 0.4) is 0 Å². The minimum atomic E-state index is 0.201. The molecule has 0 aromatic heterocycles. The summed E-state index contributed by atoms with van der Waals surface area (Å²) in [5, 5.41) is 0. The van der Waals surface area contributed by atoms with Gasteiger partial charge in [0.25, 0.3) is 0 Å². The van der Waals surface area contributed by atoms with Crippen molar-refractivity contribution in [2.75, 3.05) is 13.7 Å². The molecule has 0 N–H and O–H groups in total. The Balaban J connectivity index is 1.53. The van der Waals surface area contributed by atoms with Gasteiger partial charge in [-0.1, -0.05) is 96.4 Å². The summed E-state index contributed by atoms with van der Waals surface area (Å²) in [4.78, 5) is 0. The number of hydrogen-bond donors (Lipinski definition) is 0. The highest BCUT2D eigenvalue weighted by Crippen LogP contribution is 2.38. The minimum Gasteiger partial charge on any atom is -0.385 e. The first-order chi connectivity index (χ1) is 11.8. The predicted octanol–water partition coefficient (Wildman–Crippen LogP) is 6.37. The maximum Gasteiger partial charge on any atom is 0.0462 e. The first-order valence-electron chi connectivity index (χ1n) is 11.3. The molecule has 2 saturated carbocycles. The van der Waals surface area contributed by atoms with E-state index in [1.54, 1.807) is 32.1 Å². The summed E-state index contributed by atoms with van der Waals surface area (Å²) in [6, 6.07) is 0. The molecule has 1 atom stereocenters. The van der Waals surface area contributed by atoms with Gasteiger partial charge in [-0.15, -0.1) is 0 Å². The molecule has 1 nitrogen and oxygen atoms in total. The normalized spacial score (nSPS) is 27.8. The molecule has 2 rings (SSSR count). The third kappa shape index (κ3) is 7.60. The Morgan fingerprint density at radius 3 is 2.04 bits per heavy atom. The van der Waals surface area contributed by atoms with Crippen molar-refractivity contribution in [3.8, 4) is 0 Å². The van der Waals surface area contributed by atoms with Gasteiger partial charge in [-0.3, -0.25) is 0 Å². The summed E-state index contributed by atoms with van der Waals surface area (Å²) >= 11 is 0. The monoisotopic (exact) mass is 352 g/mol. The number of hydrogen-bond acceptors (Lipinski definition) is 1. The van der Waals surface area contributed by atoms with E-state index in [0.717, 1.165) is 24.4 Å². The third-order valence-electron chi connectivity index (χ3n) is 7.21. The van der Waals surface area contributed by atoms with Crippen LogP contribution in [0.25, 0.3) is 0 Å². The van der Waals surface area contributed by atoms with Crippen molar-refractivity contribution >= 4 is 9.52 Å². The second-order valence-electron chi connectivity index (χ2n) is 8.87. The number of methoxy groups -OCH3 is 1. The van der Waals surface area contributed by atoms with Crippen molar-refractivity contribution in [3.05, 3.63) is 0 Å². The molecule has 0 aromatic rings. The molecule has 0 radical (unpaired) electrons. The molecule has 0 heterocycles. The Kier molecular flexibility index (Phi) is 10.7. The van der Waals surface area contributed by atoms with Crippen molar-refractivity contribution < 1.29 is 4.74 Å². The lowest BCUT2D eigenvalue weighted by Gasteiger charge is -2.31. The largest absolute Gasteiger partial charge is 0.385 e. The Labute approximate surface area is 154 Å². The maximum absolute atomic E-state index is 5.17. The fourth-order valence-corrected chi connectivity index (χ4v) is 7.37. The first-order valence-corrected chi connectivity index (χ1v) is 13.6. The van der Waals surface area contributed by atoms with Crippen LogP contribution in [0.15, 0.2) is 0 Å². The van der Waals surface area contributed by atoms with Crippen molar-refractivity contribution in [1.29, 1.82) is 0 Å². The molecule has 0 aromatic carbocycles. The maximum atomic E-state index is 5.17. The zero-order valence-corrected chi connectivity index (χ0v) is 18.2. The molecular weight excluding hydrogens is 308 g/mol. The molecular formula is C22H44OSi. The van der Waals surface area contributed by atoms with Gasteiger partial charge in [-0.2, -0.15) is 0 Å². The van der Waals surface area contributed by atoms with E-state index in [4.69, 9.17) is 4.74 Å². The van der Waals surface area contributed by atoms with E-state index in [2.05, 4.69) is 6.55 Å². The molecule has 24 heavy (non-hydrogen) atoms. The molecule has 0 saturated heterocycles. The number of rotatable bonds is 11. The third-order valence-corrected chi connectivity index (χ3v) is 9.33. The molecule has 2 heteroatoms. The van der Waals surface area contributed by atoms with Gasteiger partial charge in [0, 0.05) is 23.2 Å².